The molecule has 2 aromatic rings. The molecular weight excluding hydrogens is 228 g/mol. The number of phenols is 2. The highest BCUT2D eigenvalue weighted by molar-refractivity contribution is 6.38. The van der Waals surface area contributed by atoms with Crippen molar-refractivity contribution in [2.75, 3.05) is 0 Å². The number of fused-ring (bicyclic) bond motifs is 1. The van der Waals surface area contributed by atoms with Gasteiger partial charge < -0.3 is 14.8 Å². The first kappa shape index (κ1) is 10.8. The first-order chi connectivity index (χ1) is 7.49. The van der Waals surface area contributed by atoms with Gasteiger partial charge in [0.2, 0.25) is 0 Å². The van der Waals surface area contributed by atoms with E-state index in [0.29, 0.717) is 27.3 Å². The van der Waals surface area contributed by atoms with E-state index >= 15 is 0 Å². The first-order valence-corrected chi connectivity index (χ1v) is 5.09. The van der Waals surface area contributed by atoms with Crippen LogP contribution >= 0.6 is 11.6 Å². The van der Waals surface area contributed by atoms with Gasteiger partial charge in [-0.25, -0.2) is 4.98 Å². The predicted octanol–water partition coefficient (Wildman–Crippen LogP) is 0.680. The van der Waals surface area contributed by atoms with E-state index in [1.165, 1.54) is 5.54 Å². The Kier molecular flexibility index (Phi) is 2.31. The van der Waals surface area contributed by atoms with Crippen molar-refractivity contribution in [3.63, 3.8) is 0 Å². The van der Waals surface area contributed by atoms with Crippen LogP contribution in [0.2, 0.25) is 0 Å². The van der Waals surface area contributed by atoms with E-state index in [9.17, 15) is 10.2 Å². The molecule has 0 spiro atoms. The van der Waals surface area contributed by atoms with Crippen LogP contribution in [0.3, 0.4) is 0 Å². The molecule has 4 nitrogen and oxygen atoms in total. The average Bonchev–Trinajstić information content (AvgIpc) is 2.61. The molecule has 0 bridgehead atoms. The van der Waals surface area contributed by atoms with Crippen molar-refractivity contribution < 1.29 is 10.2 Å². The van der Waals surface area contributed by atoms with Gasteiger partial charge in [-0.2, -0.15) is 0 Å². The molecule has 0 amide bonds. The molecule has 84 valence electrons. The molecule has 1 aromatic heterocycles. The average molecular weight is 239 g/mol. The van der Waals surface area contributed by atoms with E-state index in [4.69, 9.17) is 11.6 Å². The van der Waals surface area contributed by atoms with Crippen LogP contribution in [0.4, 0.5) is 0 Å². The van der Waals surface area contributed by atoms with Crippen molar-refractivity contribution in [1.82, 2.24) is 9.55 Å². The molecule has 1 aromatic carbocycles. The summed E-state index contributed by atoms with van der Waals surface area (Å²) in [5.74, 6) is 0.0447. The van der Waals surface area contributed by atoms with Gasteiger partial charge in [0.25, 0.3) is 0 Å². The summed E-state index contributed by atoms with van der Waals surface area (Å²) in [7, 11) is 1.71. The number of benzene rings is 1. The lowest BCUT2D eigenvalue weighted by atomic mass is 10.1. The lowest BCUT2D eigenvalue weighted by Gasteiger charge is -2.04. The van der Waals surface area contributed by atoms with Gasteiger partial charge in [-0.1, -0.05) is 18.2 Å². The van der Waals surface area contributed by atoms with E-state index < -0.39 is 0 Å². The summed E-state index contributed by atoms with van der Waals surface area (Å²) >= 11 is 5.60. The van der Waals surface area contributed by atoms with Crippen molar-refractivity contribution in [3.05, 3.63) is 16.3 Å². The monoisotopic (exact) mass is 238 g/mol. The number of aryl methyl sites for hydroxylation is 1. The predicted molar refractivity (Wildman–Crippen MR) is 63.9 cm³/mol. The van der Waals surface area contributed by atoms with Gasteiger partial charge in [0.05, 0.1) is 0 Å². The van der Waals surface area contributed by atoms with E-state index in [0.717, 1.165) is 0 Å². The Morgan fingerprint density at radius 2 is 2.00 bits per heavy atom. The second-order valence-corrected chi connectivity index (χ2v) is 3.85. The highest BCUT2D eigenvalue weighted by Gasteiger charge is 2.15. The van der Waals surface area contributed by atoms with Crippen molar-refractivity contribution in [2.24, 2.45) is 7.05 Å². The summed E-state index contributed by atoms with van der Waals surface area (Å²) in [6.07, 6.45) is 0. The number of hydrogen-bond donors (Lipinski definition) is 2. The molecule has 1 heterocycles. The molecule has 0 unspecified atom stereocenters. The first-order valence-electron chi connectivity index (χ1n) is 4.65. The minimum atomic E-state index is 0.0186. The number of nitrogens with zero attached hydrogens (tertiary/aromatic N) is 2. The lowest BCUT2D eigenvalue weighted by molar-refractivity contribution is 0.460. The molecular formula is C11H11ClN2O2. The molecule has 0 saturated heterocycles. The van der Waals surface area contributed by atoms with Gasteiger partial charge >= 0.3 is 0 Å². The van der Waals surface area contributed by atoms with Crippen molar-refractivity contribution in [3.8, 4) is 11.5 Å². The molecule has 0 atom stereocenters. The molecule has 2 rings (SSSR count). The largest absolute Gasteiger partial charge is 0.505 e. The normalized spacial score (nSPS) is 12.6. The number of halogens is 1. The fourth-order valence-corrected chi connectivity index (χ4v) is 1.89. The van der Waals surface area contributed by atoms with E-state index in [1.54, 1.807) is 18.5 Å². The van der Waals surface area contributed by atoms with Crippen LogP contribution in [-0.4, -0.2) is 19.8 Å². The number of aromatic hydroxyl groups is 2. The van der Waals surface area contributed by atoms with Crippen LogP contribution < -0.4 is 10.7 Å². The number of aromatic nitrogens is 2. The molecule has 0 aliphatic rings. The Morgan fingerprint density at radius 3 is 2.56 bits per heavy atom. The van der Waals surface area contributed by atoms with E-state index in [1.807, 2.05) is 0 Å². The summed E-state index contributed by atoms with van der Waals surface area (Å²) in [5.41, 5.74) is 3.03. The molecule has 5 heteroatoms. The van der Waals surface area contributed by atoms with Crippen molar-refractivity contribution >= 4 is 34.7 Å². The van der Waals surface area contributed by atoms with Gasteiger partial charge in [-0.3, -0.25) is 0 Å². The van der Waals surface area contributed by atoms with Crippen molar-refractivity contribution in [1.29, 1.82) is 0 Å². The quantitative estimate of drug-likeness (QED) is 0.664. The summed E-state index contributed by atoms with van der Waals surface area (Å²) < 4.78 is 1.60. The molecule has 2 N–H and O–H groups in total. The zero-order valence-electron chi connectivity index (χ0n) is 8.95. The summed E-state index contributed by atoms with van der Waals surface area (Å²) in [4.78, 5) is 4.13. The maximum Gasteiger partial charge on any atom is 0.148 e. The standard InChI is InChI=1S/C11H11ClN2O2/c1-5-6(2)11(16)9-8(10(5)15)13-7(4-12)14(9)3/h4,15-16H,2H2,1,3H3. The Hall–Kier alpha value is -1.68. The highest BCUT2D eigenvalue weighted by atomic mass is 35.5. The van der Waals surface area contributed by atoms with Gasteiger partial charge in [0, 0.05) is 23.4 Å². The molecule has 0 aliphatic heterocycles. The fourth-order valence-electron chi connectivity index (χ4n) is 1.69. The summed E-state index contributed by atoms with van der Waals surface area (Å²) in [5, 5.41) is 20.3. The van der Waals surface area contributed by atoms with Crippen LogP contribution in [0.25, 0.3) is 23.1 Å². The minimum absolute atomic E-state index is 0.0186. The number of hydrogen-bond acceptors (Lipinski definition) is 3. The SMILES string of the molecule is C=c1c(C)c(O)c2nc(=CCl)n(C)c2c1O. The number of imidazole rings is 1. The number of rotatable bonds is 0. The maximum absolute atomic E-state index is 9.96. The van der Waals surface area contributed by atoms with Crippen LogP contribution in [0, 0.1) is 6.92 Å². The molecule has 0 aliphatic carbocycles. The summed E-state index contributed by atoms with van der Waals surface area (Å²) in [6, 6.07) is 0. The second kappa shape index (κ2) is 3.42. The Balaban J connectivity index is 3.19. The van der Waals surface area contributed by atoms with Gasteiger partial charge in [-0.05, 0) is 6.92 Å². The Bertz CT molecular complexity index is 689. The smallest absolute Gasteiger partial charge is 0.148 e. The third-order valence-corrected chi connectivity index (χ3v) is 2.96. The number of phenolic OH excluding ortho intramolecular Hbond substituents is 2. The van der Waals surface area contributed by atoms with Crippen LogP contribution in [0.1, 0.15) is 5.56 Å². The van der Waals surface area contributed by atoms with Crippen LogP contribution in [0.15, 0.2) is 0 Å². The Morgan fingerprint density at radius 1 is 1.38 bits per heavy atom. The third-order valence-electron chi connectivity index (χ3n) is 2.77. The molecule has 0 fully saturated rings. The zero-order chi connectivity index (χ0) is 12.0. The third kappa shape index (κ3) is 1.20. The molecule has 0 radical (unpaired) electrons. The topological polar surface area (TPSA) is 58.3 Å². The van der Waals surface area contributed by atoms with Gasteiger partial charge in [0.15, 0.2) is 0 Å². The highest BCUT2D eigenvalue weighted by Crippen LogP contribution is 2.28. The van der Waals surface area contributed by atoms with Crippen LogP contribution in [0.5, 0.6) is 11.5 Å². The lowest BCUT2D eigenvalue weighted by Crippen LogP contribution is -2.13. The fraction of sp³-hybridized carbons (Fsp3) is 0.182. The Labute approximate surface area is 96.7 Å². The van der Waals surface area contributed by atoms with Crippen molar-refractivity contribution in [2.45, 2.75) is 6.92 Å². The zero-order valence-corrected chi connectivity index (χ0v) is 9.71. The van der Waals surface area contributed by atoms with Crippen LogP contribution in [-0.2, 0) is 7.05 Å². The second-order valence-electron chi connectivity index (χ2n) is 3.64. The molecule has 0 saturated carbocycles. The molecule has 16 heavy (non-hydrogen) atoms. The van der Waals surface area contributed by atoms with E-state index in [-0.39, 0.29) is 11.5 Å². The summed E-state index contributed by atoms with van der Waals surface area (Å²) in [6.45, 7) is 5.39. The minimum Gasteiger partial charge on any atom is -0.505 e. The van der Waals surface area contributed by atoms with E-state index in [2.05, 4.69) is 11.6 Å². The van der Waals surface area contributed by atoms with Gasteiger partial charge in [0.1, 0.15) is 28.0 Å². The maximum atomic E-state index is 9.96. The van der Waals surface area contributed by atoms with Gasteiger partial charge in [-0.15, -0.1) is 0 Å².